The van der Waals surface area contributed by atoms with Gasteiger partial charge in [-0.15, -0.1) is 0 Å². The monoisotopic (exact) mass is 238 g/mol. The zero-order valence-corrected chi connectivity index (χ0v) is 11.1. The summed E-state index contributed by atoms with van der Waals surface area (Å²) in [7, 11) is 0. The van der Waals surface area contributed by atoms with Crippen molar-refractivity contribution >= 4 is 0 Å². The van der Waals surface area contributed by atoms with E-state index in [2.05, 4.69) is 17.0 Å². The number of rotatable bonds is 10. The van der Waals surface area contributed by atoms with Crippen molar-refractivity contribution in [1.82, 2.24) is 14.8 Å². The Kier molecular flexibility index (Phi) is 7.63. The molecule has 0 unspecified atom stereocenters. The first-order valence-electron chi connectivity index (χ1n) is 6.95. The summed E-state index contributed by atoms with van der Waals surface area (Å²) in [4.78, 5) is 4.11. The second-order valence-electron chi connectivity index (χ2n) is 4.60. The van der Waals surface area contributed by atoms with Crippen LogP contribution in [0.1, 0.15) is 64.1 Å². The van der Waals surface area contributed by atoms with E-state index >= 15 is 0 Å². The van der Waals surface area contributed by atoms with E-state index in [4.69, 9.17) is 5.73 Å². The van der Waals surface area contributed by atoms with E-state index in [1.54, 1.807) is 6.33 Å². The first-order chi connectivity index (χ1) is 8.36. The van der Waals surface area contributed by atoms with Crippen LogP contribution in [0, 0.1) is 0 Å². The Balaban J connectivity index is 1.93. The molecule has 1 rings (SSSR count). The van der Waals surface area contributed by atoms with Crippen molar-refractivity contribution in [1.29, 1.82) is 0 Å². The van der Waals surface area contributed by atoms with Crippen LogP contribution < -0.4 is 5.73 Å². The van der Waals surface area contributed by atoms with E-state index in [-0.39, 0.29) is 0 Å². The van der Waals surface area contributed by atoms with Gasteiger partial charge in [-0.2, -0.15) is 5.10 Å². The molecule has 0 spiro atoms. The Hall–Kier alpha value is -0.900. The smallest absolute Gasteiger partial charge is 0.164 e. The van der Waals surface area contributed by atoms with Crippen molar-refractivity contribution in [3.63, 3.8) is 0 Å². The van der Waals surface area contributed by atoms with Crippen molar-refractivity contribution in [2.24, 2.45) is 5.73 Å². The van der Waals surface area contributed by atoms with Gasteiger partial charge in [-0.25, -0.2) is 4.98 Å². The molecule has 2 N–H and O–H groups in total. The Bertz CT molecular complexity index is 283. The molecule has 0 amide bonds. The van der Waals surface area contributed by atoms with E-state index in [1.807, 2.05) is 4.68 Å². The summed E-state index contributed by atoms with van der Waals surface area (Å²) in [5.74, 6) is 0.740. The number of unbranched alkanes of at least 4 members (excludes halogenated alkanes) is 7. The van der Waals surface area contributed by atoms with E-state index < -0.39 is 0 Å². The highest BCUT2D eigenvalue weighted by molar-refractivity contribution is 4.78. The van der Waals surface area contributed by atoms with Gasteiger partial charge in [-0.1, -0.05) is 51.9 Å². The number of hydrogen-bond donors (Lipinski definition) is 1. The van der Waals surface area contributed by atoms with Gasteiger partial charge in [0.1, 0.15) is 6.33 Å². The third-order valence-electron chi connectivity index (χ3n) is 3.01. The Morgan fingerprint density at radius 2 is 1.71 bits per heavy atom. The van der Waals surface area contributed by atoms with Crippen molar-refractivity contribution in [3.05, 3.63) is 12.2 Å². The minimum atomic E-state index is 0.435. The summed E-state index contributed by atoms with van der Waals surface area (Å²) in [5, 5.41) is 4.27. The highest BCUT2D eigenvalue weighted by Crippen LogP contribution is 2.08. The lowest BCUT2D eigenvalue weighted by atomic mass is 10.1. The van der Waals surface area contributed by atoms with Gasteiger partial charge in [0, 0.05) is 6.54 Å². The summed E-state index contributed by atoms with van der Waals surface area (Å²) in [6.45, 7) is 3.67. The minimum absolute atomic E-state index is 0.435. The van der Waals surface area contributed by atoms with Gasteiger partial charge in [0.15, 0.2) is 5.82 Å². The molecule has 0 aliphatic carbocycles. The SMILES string of the molecule is CCCCCCCCCCn1cnc(CN)n1. The predicted molar refractivity (Wildman–Crippen MR) is 70.5 cm³/mol. The molecule has 0 aliphatic heterocycles. The third kappa shape index (κ3) is 6.41. The normalized spacial score (nSPS) is 10.9. The molecule has 1 aromatic heterocycles. The molecule has 0 fully saturated rings. The van der Waals surface area contributed by atoms with Gasteiger partial charge in [0.2, 0.25) is 0 Å². The summed E-state index contributed by atoms with van der Waals surface area (Å²) in [6.07, 6.45) is 12.5. The summed E-state index contributed by atoms with van der Waals surface area (Å²) >= 11 is 0. The molecule has 1 heterocycles. The molecule has 4 heteroatoms. The second-order valence-corrected chi connectivity index (χ2v) is 4.60. The van der Waals surface area contributed by atoms with Gasteiger partial charge in [0.05, 0.1) is 6.54 Å². The summed E-state index contributed by atoms with van der Waals surface area (Å²) in [6, 6.07) is 0. The molecule has 0 radical (unpaired) electrons. The maximum Gasteiger partial charge on any atom is 0.164 e. The maximum atomic E-state index is 5.46. The van der Waals surface area contributed by atoms with E-state index in [0.717, 1.165) is 12.4 Å². The van der Waals surface area contributed by atoms with Crippen LogP contribution in [-0.2, 0) is 13.1 Å². The molecular weight excluding hydrogens is 212 g/mol. The zero-order valence-electron chi connectivity index (χ0n) is 11.1. The largest absolute Gasteiger partial charge is 0.324 e. The van der Waals surface area contributed by atoms with E-state index in [0.29, 0.717) is 6.54 Å². The highest BCUT2D eigenvalue weighted by Gasteiger charge is 1.97. The van der Waals surface area contributed by atoms with Crippen molar-refractivity contribution in [2.75, 3.05) is 0 Å². The first-order valence-corrected chi connectivity index (χ1v) is 6.95. The third-order valence-corrected chi connectivity index (χ3v) is 3.01. The average molecular weight is 238 g/mol. The van der Waals surface area contributed by atoms with Gasteiger partial charge in [0.25, 0.3) is 0 Å². The van der Waals surface area contributed by atoms with E-state index in [1.165, 1.54) is 51.4 Å². The number of hydrogen-bond acceptors (Lipinski definition) is 3. The Labute approximate surface area is 105 Å². The molecule has 1 aromatic rings. The van der Waals surface area contributed by atoms with E-state index in [9.17, 15) is 0 Å². The lowest BCUT2D eigenvalue weighted by molar-refractivity contribution is 0.517. The molecule has 0 aliphatic rings. The number of aromatic nitrogens is 3. The van der Waals surface area contributed by atoms with Crippen molar-refractivity contribution in [2.45, 2.75) is 71.4 Å². The lowest BCUT2D eigenvalue weighted by Crippen LogP contribution is -2.02. The maximum absolute atomic E-state index is 5.46. The lowest BCUT2D eigenvalue weighted by Gasteiger charge is -2.01. The Morgan fingerprint density at radius 1 is 1.06 bits per heavy atom. The summed E-state index contributed by atoms with van der Waals surface area (Å²) in [5.41, 5.74) is 5.46. The number of nitrogens with two attached hydrogens (primary N) is 1. The fourth-order valence-corrected chi connectivity index (χ4v) is 1.94. The minimum Gasteiger partial charge on any atom is -0.324 e. The fraction of sp³-hybridized carbons (Fsp3) is 0.846. The van der Waals surface area contributed by atoms with Crippen LogP contribution in [0.5, 0.6) is 0 Å². The van der Waals surface area contributed by atoms with Crippen molar-refractivity contribution < 1.29 is 0 Å². The van der Waals surface area contributed by atoms with Crippen LogP contribution in [0.2, 0.25) is 0 Å². The van der Waals surface area contributed by atoms with Gasteiger partial charge in [-0.05, 0) is 6.42 Å². The molecule has 0 atom stereocenters. The van der Waals surface area contributed by atoms with Crippen LogP contribution >= 0.6 is 0 Å². The molecular formula is C13H26N4. The van der Waals surface area contributed by atoms with Crippen LogP contribution in [-0.4, -0.2) is 14.8 Å². The molecule has 0 aromatic carbocycles. The number of aryl methyl sites for hydroxylation is 1. The van der Waals surface area contributed by atoms with Crippen LogP contribution in [0.25, 0.3) is 0 Å². The molecule has 98 valence electrons. The number of nitrogens with zero attached hydrogens (tertiary/aromatic N) is 3. The Morgan fingerprint density at radius 3 is 2.29 bits per heavy atom. The van der Waals surface area contributed by atoms with Crippen LogP contribution in [0.3, 0.4) is 0 Å². The fourth-order valence-electron chi connectivity index (χ4n) is 1.94. The van der Waals surface area contributed by atoms with Gasteiger partial charge < -0.3 is 5.73 Å². The molecule has 17 heavy (non-hydrogen) atoms. The highest BCUT2D eigenvalue weighted by atomic mass is 15.3. The molecule has 0 saturated heterocycles. The summed E-state index contributed by atoms with van der Waals surface area (Å²) < 4.78 is 1.90. The second kappa shape index (κ2) is 9.16. The first kappa shape index (κ1) is 14.2. The van der Waals surface area contributed by atoms with Crippen LogP contribution in [0.15, 0.2) is 6.33 Å². The van der Waals surface area contributed by atoms with Gasteiger partial charge in [-0.3, -0.25) is 4.68 Å². The standard InChI is InChI=1S/C13H26N4/c1-2-3-4-5-6-7-8-9-10-17-12-15-13(11-14)16-17/h12H,2-11,14H2,1H3. The zero-order chi connectivity index (χ0) is 12.3. The average Bonchev–Trinajstić information content (AvgIpc) is 2.80. The predicted octanol–water partition coefficient (Wildman–Crippen LogP) is 2.88. The molecule has 0 saturated carbocycles. The molecule has 4 nitrogen and oxygen atoms in total. The van der Waals surface area contributed by atoms with Gasteiger partial charge >= 0.3 is 0 Å². The quantitative estimate of drug-likeness (QED) is 0.638. The molecule has 0 bridgehead atoms. The van der Waals surface area contributed by atoms with Crippen LogP contribution in [0.4, 0.5) is 0 Å². The topological polar surface area (TPSA) is 56.7 Å². The van der Waals surface area contributed by atoms with Crippen molar-refractivity contribution in [3.8, 4) is 0 Å².